The molecule has 1 aliphatic heterocycles. The first-order valence-corrected chi connectivity index (χ1v) is 10.3. The molecule has 0 saturated carbocycles. The third-order valence-electron chi connectivity index (χ3n) is 5.41. The van der Waals surface area contributed by atoms with Crippen LogP contribution in [0.2, 0.25) is 0 Å². The van der Waals surface area contributed by atoms with Crippen LogP contribution in [0.3, 0.4) is 0 Å². The van der Waals surface area contributed by atoms with E-state index in [1.54, 1.807) is 6.07 Å². The topological polar surface area (TPSA) is 32.3 Å². The third-order valence-corrected chi connectivity index (χ3v) is 5.41. The summed E-state index contributed by atoms with van der Waals surface area (Å²) in [7, 11) is 18.2. The summed E-state index contributed by atoms with van der Waals surface area (Å²) in [5, 5.41) is 1.46. The number of nitrogens with one attached hydrogen (secondary N) is 1. The summed E-state index contributed by atoms with van der Waals surface area (Å²) in [5.41, 5.74) is 3.26. The highest BCUT2D eigenvalue weighted by molar-refractivity contribution is 6.59. The van der Waals surface area contributed by atoms with E-state index in [2.05, 4.69) is 24.1 Å². The number of carbonyl (C=O) groups is 1. The maximum atomic E-state index is 12.4. The van der Waals surface area contributed by atoms with Gasteiger partial charge in [-0.15, -0.1) is 5.11 Å². The van der Waals surface area contributed by atoms with Gasteiger partial charge in [-0.1, -0.05) is 55.8 Å². The van der Waals surface area contributed by atoms with Gasteiger partial charge in [-0.25, -0.2) is 0 Å². The number of nitrogens with zero attached hydrogens (tertiary/aromatic N) is 1. The van der Waals surface area contributed by atoms with Gasteiger partial charge in [0.1, 0.15) is 0 Å². The fourth-order valence-electron chi connectivity index (χ4n) is 4.34. The van der Waals surface area contributed by atoms with Crippen LogP contribution in [0.25, 0.3) is 0 Å². The van der Waals surface area contributed by atoms with Crippen molar-refractivity contribution in [3.63, 3.8) is 0 Å². The second-order valence-electron chi connectivity index (χ2n) is 8.66. The van der Waals surface area contributed by atoms with Crippen molar-refractivity contribution in [3.8, 4) is 0 Å². The molecule has 2 atom stereocenters. The Morgan fingerprint density at radius 3 is 2.34 bits per heavy atom. The zero-order valence-corrected chi connectivity index (χ0v) is 17.4. The minimum absolute atomic E-state index is 0.0924. The summed E-state index contributed by atoms with van der Waals surface area (Å²) in [6.45, 7) is 7.41. The van der Waals surface area contributed by atoms with Crippen molar-refractivity contribution in [1.29, 1.82) is 0 Å². The Balaban J connectivity index is 1.74. The largest absolute Gasteiger partial charge is 0.326 e. The van der Waals surface area contributed by atoms with E-state index in [-0.39, 0.29) is 5.91 Å². The highest BCUT2D eigenvalue weighted by atomic mass is 16.1. The zero-order chi connectivity index (χ0) is 21.0. The summed E-state index contributed by atoms with van der Waals surface area (Å²) in [4.78, 5) is 14.8. The molecule has 1 unspecified atom stereocenters. The Hall–Kier alpha value is -1.94. The molecule has 3 rings (SSSR count). The first-order chi connectivity index (χ1) is 13.7. The molecule has 1 fully saturated rings. The number of hydrogen-bond acceptors (Lipinski definition) is 2. The van der Waals surface area contributed by atoms with Crippen LogP contribution in [0.4, 0.5) is 5.69 Å². The van der Waals surface area contributed by atoms with Gasteiger partial charge in [-0.05, 0) is 41.5 Å². The second-order valence-corrected chi connectivity index (χ2v) is 8.66. The molecule has 0 spiro atoms. The van der Waals surface area contributed by atoms with Gasteiger partial charge in [0.15, 0.2) is 0 Å². The maximum absolute atomic E-state index is 12.4. The molecule has 6 radical (unpaired) electrons. The van der Waals surface area contributed by atoms with Crippen LogP contribution in [0.15, 0.2) is 48.5 Å². The van der Waals surface area contributed by atoms with Crippen LogP contribution in [-0.2, 0) is 22.9 Å². The molecule has 1 amide bonds. The Kier molecular flexibility index (Phi) is 6.95. The lowest BCUT2D eigenvalue weighted by Gasteiger charge is -2.36. The lowest BCUT2D eigenvalue weighted by molar-refractivity contribution is -0.115. The lowest BCUT2D eigenvalue weighted by atomic mass is 9.39. The van der Waals surface area contributed by atoms with Crippen molar-refractivity contribution in [1.82, 2.24) is 4.90 Å². The quantitative estimate of drug-likeness (QED) is 0.782. The second kappa shape index (κ2) is 9.25. The van der Waals surface area contributed by atoms with Gasteiger partial charge in [0, 0.05) is 25.3 Å². The van der Waals surface area contributed by atoms with Crippen molar-refractivity contribution < 1.29 is 4.79 Å². The molecular weight excluding hydrogens is 353 g/mol. The summed E-state index contributed by atoms with van der Waals surface area (Å²) in [6.07, 6.45) is 1.56. The minimum atomic E-state index is -1.47. The molecule has 1 N–H and O–H groups in total. The van der Waals surface area contributed by atoms with Gasteiger partial charge < -0.3 is 5.32 Å². The molecule has 1 saturated heterocycles. The van der Waals surface area contributed by atoms with Gasteiger partial charge in [-0.3, -0.25) is 9.69 Å². The Morgan fingerprint density at radius 2 is 1.72 bits per heavy atom. The molecular formula is C23H27B3N2O. The fourth-order valence-corrected chi connectivity index (χ4v) is 4.34. The molecule has 144 valence electrons. The predicted octanol–water partition coefficient (Wildman–Crippen LogP) is 2.96. The molecule has 2 aromatic rings. The number of amides is 1. The molecule has 3 nitrogen and oxygen atoms in total. The van der Waals surface area contributed by atoms with E-state index in [0.717, 1.165) is 30.8 Å². The summed E-state index contributed by atoms with van der Waals surface area (Å²) >= 11 is 0. The standard InChI is InChI=1S/C23H27B3N2O/c1-16-10-17(2)14-28(13-16)15-19-8-9-20(12-21(19)23(24,25)26)27-22(29)11-18-6-4-3-5-7-18/h3-9,12,16-17H,10-11,13-15H2,1-2H3,(H,27,29)/t16-,17?/m0/s1. The number of piperidine rings is 1. The van der Waals surface area contributed by atoms with E-state index in [9.17, 15) is 4.79 Å². The number of anilines is 1. The number of benzene rings is 2. The van der Waals surface area contributed by atoms with Crippen LogP contribution in [0.5, 0.6) is 0 Å². The number of carbonyl (C=O) groups excluding carboxylic acids is 1. The van der Waals surface area contributed by atoms with Crippen LogP contribution >= 0.6 is 0 Å². The van der Waals surface area contributed by atoms with Crippen molar-refractivity contribution in [2.75, 3.05) is 18.4 Å². The normalized spacial score (nSPS) is 20.3. The fraction of sp³-hybridized carbons (Fsp3) is 0.435. The van der Waals surface area contributed by atoms with E-state index >= 15 is 0 Å². The first kappa shape index (κ1) is 21.8. The molecule has 6 heteroatoms. The predicted molar refractivity (Wildman–Crippen MR) is 122 cm³/mol. The molecule has 2 aromatic carbocycles. The number of hydrogen-bond donors (Lipinski definition) is 1. The van der Waals surface area contributed by atoms with E-state index in [1.165, 1.54) is 6.42 Å². The molecule has 0 aromatic heterocycles. The van der Waals surface area contributed by atoms with Crippen molar-refractivity contribution >= 4 is 35.1 Å². The average Bonchev–Trinajstić information content (AvgIpc) is 2.62. The molecule has 0 aliphatic carbocycles. The van der Waals surface area contributed by atoms with E-state index < -0.39 is 5.11 Å². The van der Waals surface area contributed by atoms with Crippen molar-refractivity contribution in [2.24, 2.45) is 11.8 Å². The Morgan fingerprint density at radius 1 is 1.07 bits per heavy atom. The summed E-state index contributed by atoms with van der Waals surface area (Å²) < 4.78 is 0. The number of likely N-dealkylation sites (tertiary alicyclic amines) is 1. The zero-order valence-electron chi connectivity index (χ0n) is 17.4. The molecule has 0 bridgehead atoms. The summed E-state index contributed by atoms with van der Waals surface area (Å²) in [6, 6.07) is 15.3. The Labute approximate surface area is 178 Å². The monoisotopic (exact) mass is 380 g/mol. The van der Waals surface area contributed by atoms with Gasteiger partial charge in [0.25, 0.3) is 0 Å². The van der Waals surface area contributed by atoms with Gasteiger partial charge >= 0.3 is 0 Å². The third kappa shape index (κ3) is 6.27. The van der Waals surface area contributed by atoms with Gasteiger partial charge in [0.05, 0.1) is 30.0 Å². The van der Waals surface area contributed by atoms with E-state index in [0.29, 0.717) is 29.5 Å². The van der Waals surface area contributed by atoms with Crippen LogP contribution in [0.1, 0.15) is 37.0 Å². The van der Waals surface area contributed by atoms with E-state index in [4.69, 9.17) is 23.5 Å². The molecule has 1 heterocycles. The van der Waals surface area contributed by atoms with Crippen LogP contribution in [0, 0.1) is 11.8 Å². The van der Waals surface area contributed by atoms with Crippen LogP contribution < -0.4 is 5.32 Å². The number of rotatable bonds is 6. The highest BCUT2D eigenvalue weighted by Crippen LogP contribution is 2.27. The van der Waals surface area contributed by atoms with Gasteiger partial charge in [-0.2, -0.15) is 0 Å². The van der Waals surface area contributed by atoms with E-state index in [1.807, 2.05) is 42.5 Å². The smallest absolute Gasteiger partial charge is 0.228 e. The molecule has 29 heavy (non-hydrogen) atoms. The van der Waals surface area contributed by atoms with Crippen molar-refractivity contribution in [2.45, 2.75) is 38.3 Å². The first-order valence-electron chi connectivity index (χ1n) is 10.3. The highest BCUT2D eigenvalue weighted by Gasteiger charge is 2.24. The Bertz CT molecular complexity index is 826. The minimum Gasteiger partial charge on any atom is -0.326 e. The van der Waals surface area contributed by atoms with Crippen molar-refractivity contribution in [3.05, 3.63) is 65.2 Å². The molecule has 1 aliphatic rings. The SMILES string of the molecule is [B]C([B])([B])c1cc(NC(=O)Cc2ccccc2)ccc1CN1CC(C)C[C@H](C)C1. The lowest BCUT2D eigenvalue weighted by Crippen LogP contribution is -2.39. The average molecular weight is 380 g/mol. The van der Waals surface area contributed by atoms with Crippen LogP contribution in [-0.4, -0.2) is 47.4 Å². The van der Waals surface area contributed by atoms with Gasteiger partial charge in [0.2, 0.25) is 5.91 Å². The summed E-state index contributed by atoms with van der Waals surface area (Å²) in [5.74, 6) is 1.24. The maximum Gasteiger partial charge on any atom is 0.228 e.